The van der Waals surface area contributed by atoms with Crippen LogP contribution >= 0.6 is 11.8 Å². The molecule has 1 saturated heterocycles. The van der Waals surface area contributed by atoms with Crippen LogP contribution in [0.2, 0.25) is 0 Å². The largest absolute Gasteiger partial charge is 0.497 e. The number of anilines is 3. The van der Waals surface area contributed by atoms with E-state index in [1.165, 1.54) is 23.9 Å². The Bertz CT molecular complexity index is 1080. The molecule has 3 aromatic rings. The van der Waals surface area contributed by atoms with Crippen molar-refractivity contribution in [2.24, 2.45) is 0 Å². The first kappa shape index (κ1) is 23.6. The van der Waals surface area contributed by atoms with Gasteiger partial charge >= 0.3 is 0 Å². The van der Waals surface area contributed by atoms with Gasteiger partial charge in [0, 0.05) is 55.8 Å². The van der Waals surface area contributed by atoms with Crippen molar-refractivity contribution in [3.8, 4) is 11.5 Å². The van der Waals surface area contributed by atoms with Crippen LogP contribution in [0.15, 0.2) is 59.6 Å². The quantitative estimate of drug-likeness (QED) is 0.486. The van der Waals surface area contributed by atoms with Gasteiger partial charge in [-0.1, -0.05) is 11.8 Å². The minimum absolute atomic E-state index is 0.164. The van der Waals surface area contributed by atoms with Gasteiger partial charge in [0.1, 0.15) is 22.3 Å². The number of nitrogens with one attached hydrogen (secondary N) is 1. The molecule has 1 N–H and O–H groups in total. The van der Waals surface area contributed by atoms with Gasteiger partial charge in [0.05, 0.1) is 20.0 Å². The number of methoxy groups -OCH3 is 2. The molecule has 8 nitrogen and oxygen atoms in total. The van der Waals surface area contributed by atoms with Gasteiger partial charge in [0.25, 0.3) is 0 Å². The number of piperazine rings is 1. The molecule has 34 heavy (non-hydrogen) atoms. The van der Waals surface area contributed by atoms with E-state index in [4.69, 9.17) is 9.47 Å². The minimum Gasteiger partial charge on any atom is -0.497 e. The summed E-state index contributed by atoms with van der Waals surface area (Å²) in [6.07, 6.45) is 0. The summed E-state index contributed by atoms with van der Waals surface area (Å²) in [5.41, 5.74) is 1.62. The fourth-order valence-electron chi connectivity index (χ4n) is 3.62. The van der Waals surface area contributed by atoms with Crippen LogP contribution in [0.25, 0.3) is 0 Å². The van der Waals surface area contributed by atoms with E-state index in [1.807, 2.05) is 12.1 Å². The summed E-state index contributed by atoms with van der Waals surface area (Å²) in [4.78, 5) is 16.8. The Morgan fingerprint density at radius 3 is 2.18 bits per heavy atom. The molecule has 1 aliphatic rings. The summed E-state index contributed by atoms with van der Waals surface area (Å²) in [6.45, 7) is 3.23. The van der Waals surface area contributed by atoms with E-state index >= 15 is 0 Å². The number of carbonyl (C=O) groups excluding carboxylic acids is 1. The molecule has 178 valence electrons. The number of hydrogen-bond acceptors (Lipinski definition) is 8. The Balaban J connectivity index is 1.26. The molecule has 0 aliphatic carbocycles. The van der Waals surface area contributed by atoms with E-state index in [2.05, 4.69) is 25.3 Å². The molecule has 2 aromatic carbocycles. The molecular weight excluding hydrogens is 457 g/mol. The van der Waals surface area contributed by atoms with Crippen molar-refractivity contribution >= 4 is 34.9 Å². The summed E-state index contributed by atoms with van der Waals surface area (Å²) >= 11 is 1.32. The Morgan fingerprint density at radius 1 is 0.941 bits per heavy atom. The molecule has 0 saturated carbocycles. The average Bonchev–Trinajstić information content (AvgIpc) is 2.88. The number of ether oxygens (including phenoxy) is 2. The Labute approximate surface area is 202 Å². The number of hydrogen-bond donors (Lipinski definition) is 1. The molecule has 1 amide bonds. The van der Waals surface area contributed by atoms with Crippen LogP contribution < -0.4 is 24.6 Å². The van der Waals surface area contributed by atoms with Gasteiger partial charge in [-0.05, 0) is 36.4 Å². The number of benzene rings is 2. The van der Waals surface area contributed by atoms with E-state index < -0.39 is 0 Å². The van der Waals surface area contributed by atoms with Gasteiger partial charge in [-0.3, -0.25) is 4.79 Å². The molecule has 0 spiro atoms. The highest BCUT2D eigenvalue weighted by Crippen LogP contribution is 2.26. The summed E-state index contributed by atoms with van der Waals surface area (Å²) in [7, 11) is 3.12. The smallest absolute Gasteiger partial charge is 0.234 e. The lowest BCUT2D eigenvalue weighted by Crippen LogP contribution is -2.46. The molecule has 0 radical (unpaired) electrons. The van der Waals surface area contributed by atoms with Crippen molar-refractivity contribution in [3.63, 3.8) is 0 Å². The highest BCUT2D eigenvalue weighted by atomic mass is 32.2. The molecule has 1 aromatic heterocycles. The van der Waals surface area contributed by atoms with Crippen LogP contribution in [-0.2, 0) is 4.79 Å². The maximum atomic E-state index is 13.1. The van der Waals surface area contributed by atoms with Crippen molar-refractivity contribution in [1.82, 2.24) is 10.2 Å². The van der Waals surface area contributed by atoms with Crippen molar-refractivity contribution in [1.29, 1.82) is 0 Å². The van der Waals surface area contributed by atoms with Crippen LogP contribution in [0.4, 0.5) is 21.6 Å². The average molecular weight is 484 g/mol. The fourth-order valence-corrected chi connectivity index (χ4v) is 4.23. The standard InChI is InChI=1S/C24H26FN5O3S/c1-32-20-13-18(14-21(15-20)33-2)26-23(31)16-34-24-8-7-22(27-28-24)30-11-9-29(10-12-30)19-5-3-17(25)4-6-19/h3-8,13-15H,9-12,16H2,1-2H3,(H,26,31). The molecule has 10 heteroatoms. The number of aromatic nitrogens is 2. The maximum Gasteiger partial charge on any atom is 0.234 e. The number of rotatable bonds is 8. The van der Waals surface area contributed by atoms with E-state index in [1.54, 1.807) is 44.6 Å². The third-order valence-electron chi connectivity index (χ3n) is 5.41. The lowest BCUT2D eigenvalue weighted by Gasteiger charge is -2.36. The van der Waals surface area contributed by atoms with Gasteiger partial charge in [-0.25, -0.2) is 4.39 Å². The summed E-state index contributed by atoms with van der Waals surface area (Å²) in [6, 6.07) is 15.6. The molecule has 0 unspecified atom stereocenters. The zero-order valence-corrected chi connectivity index (χ0v) is 19.8. The Kier molecular flexibility index (Phi) is 7.69. The van der Waals surface area contributed by atoms with Gasteiger partial charge in [-0.15, -0.1) is 10.2 Å². The second kappa shape index (κ2) is 11.1. The number of carbonyl (C=O) groups is 1. The van der Waals surface area contributed by atoms with E-state index in [0.29, 0.717) is 22.2 Å². The predicted molar refractivity (Wildman–Crippen MR) is 132 cm³/mol. The van der Waals surface area contributed by atoms with Gasteiger partial charge in [0.2, 0.25) is 5.91 Å². The summed E-state index contributed by atoms with van der Waals surface area (Å²) in [5.74, 6) is 1.81. The highest BCUT2D eigenvalue weighted by Gasteiger charge is 2.19. The van der Waals surface area contributed by atoms with E-state index in [0.717, 1.165) is 37.7 Å². The normalized spacial score (nSPS) is 13.5. The lowest BCUT2D eigenvalue weighted by atomic mass is 10.2. The van der Waals surface area contributed by atoms with Crippen LogP contribution in [0, 0.1) is 5.82 Å². The van der Waals surface area contributed by atoms with Crippen LogP contribution in [-0.4, -0.2) is 62.3 Å². The summed E-state index contributed by atoms with van der Waals surface area (Å²) in [5, 5.41) is 12.1. The first-order valence-corrected chi connectivity index (χ1v) is 11.8. The van der Waals surface area contributed by atoms with Crippen LogP contribution in [0.5, 0.6) is 11.5 Å². The van der Waals surface area contributed by atoms with E-state index in [-0.39, 0.29) is 17.5 Å². The third-order valence-corrected chi connectivity index (χ3v) is 6.33. The first-order valence-electron chi connectivity index (χ1n) is 10.8. The molecule has 0 atom stereocenters. The van der Waals surface area contributed by atoms with Gasteiger partial charge in [0.15, 0.2) is 5.82 Å². The predicted octanol–water partition coefficient (Wildman–Crippen LogP) is 3.69. The lowest BCUT2D eigenvalue weighted by molar-refractivity contribution is -0.113. The van der Waals surface area contributed by atoms with Crippen LogP contribution in [0.3, 0.4) is 0 Å². The maximum absolute atomic E-state index is 13.1. The second-order valence-corrected chi connectivity index (χ2v) is 8.61. The van der Waals surface area contributed by atoms with Gasteiger partial charge < -0.3 is 24.6 Å². The Hall–Kier alpha value is -3.53. The van der Waals surface area contributed by atoms with Crippen molar-refractivity contribution in [3.05, 3.63) is 60.4 Å². The molecule has 4 rings (SSSR count). The molecule has 0 bridgehead atoms. The molecule has 2 heterocycles. The third kappa shape index (κ3) is 6.07. The molecule has 1 aliphatic heterocycles. The SMILES string of the molecule is COc1cc(NC(=O)CSc2ccc(N3CCN(c4ccc(F)cc4)CC3)nn2)cc(OC)c1. The van der Waals surface area contributed by atoms with Crippen molar-refractivity contribution < 1.29 is 18.7 Å². The molecular formula is C24H26FN5O3S. The zero-order chi connectivity index (χ0) is 23.9. The Morgan fingerprint density at radius 2 is 1.59 bits per heavy atom. The minimum atomic E-state index is -0.228. The molecule has 1 fully saturated rings. The van der Waals surface area contributed by atoms with Crippen molar-refractivity contribution in [2.75, 3.05) is 61.3 Å². The van der Waals surface area contributed by atoms with Crippen molar-refractivity contribution in [2.45, 2.75) is 5.03 Å². The second-order valence-electron chi connectivity index (χ2n) is 7.62. The zero-order valence-electron chi connectivity index (χ0n) is 19.0. The number of halogens is 1. The van der Waals surface area contributed by atoms with Gasteiger partial charge in [-0.2, -0.15) is 0 Å². The number of nitrogens with zero attached hydrogens (tertiary/aromatic N) is 4. The van der Waals surface area contributed by atoms with E-state index in [9.17, 15) is 9.18 Å². The monoisotopic (exact) mass is 483 g/mol. The first-order chi connectivity index (χ1) is 16.5. The topological polar surface area (TPSA) is 79.8 Å². The fraction of sp³-hybridized carbons (Fsp3) is 0.292. The van der Waals surface area contributed by atoms with Crippen LogP contribution in [0.1, 0.15) is 0 Å². The number of thioether (sulfide) groups is 1. The summed E-state index contributed by atoms with van der Waals surface area (Å²) < 4.78 is 23.6. The number of amides is 1. The highest BCUT2D eigenvalue weighted by molar-refractivity contribution is 7.99.